The molecule has 0 aromatic rings. The minimum atomic E-state index is 0.247. The zero-order chi connectivity index (χ0) is 10.6. The van der Waals surface area contributed by atoms with Gasteiger partial charge in [-0.05, 0) is 38.1 Å². The van der Waals surface area contributed by atoms with Gasteiger partial charge in [0.05, 0.1) is 6.10 Å². The van der Waals surface area contributed by atoms with Crippen LogP contribution in [0.5, 0.6) is 0 Å². The van der Waals surface area contributed by atoms with Crippen LogP contribution >= 0.6 is 0 Å². The van der Waals surface area contributed by atoms with Gasteiger partial charge in [0.1, 0.15) is 0 Å². The Morgan fingerprint density at radius 1 is 1.21 bits per heavy atom. The first-order valence-electron chi connectivity index (χ1n) is 5.69. The molecule has 4 unspecified atom stereocenters. The molecule has 2 aliphatic rings. The van der Waals surface area contributed by atoms with Crippen molar-refractivity contribution in [1.29, 1.82) is 0 Å². The van der Waals surface area contributed by atoms with Crippen molar-refractivity contribution < 1.29 is 4.74 Å². The molecule has 82 valence electrons. The van der Waals surface area contributed by atoms with Crippen LogP contribution in [0.1, 0.15) is 33.6 Å². The zero-order valence-corrected chi connectivity index (χ0v) is 10.1. The quantitative estimate of drug-likeness (QED) is 0.731. The summed E-state index contributed by atoms with van der Waals surface area (Å²) in [4.78, 5) is 0. The summed E-state index contributed by atoms with van der Waals surface area (Å²) in [7, 11) is 3.95. The summed E-state index contributed by atoms with van der Waals surface area (Å²) >= 11 is 0. The van der Waals surface area contributed by atoms with Gasteiger partial charge in [0.2, 0.25) is 0 Å². The molecule has 0 radical (unpaired) electrons. The first-order valence-corrected chi connectivity index (χ1v) is 5.69. The van der Waals surface area contributed by atoms with E-state index in [4.69, 9.17) is 4.74 Å². The fraction of sp³-hybridized carbons (Fsp3) is 1.00. The van der Waals surface area contributed by atoms with Crippen molar-refractivity contribution in [3.8, 4) is 0 Å². The summed E-state index contributed by atoms with van der Waals surface area (Å²) in [5.41, 5.74) is 0.651. The lowest BCUT2D eigenvalue weighted by molar-refractivity contribution is -0.0342. The molecule has 2 saturated carbocycles. The van der Waals surface area contributed by atoms with E-state index in [1.807, 2.05) is 7.11 Å². The molecule has 2 heteroatoms. The molecule has 2 fully saturated rings. The van der Waals surface area contributed by atoms with E-state index < -0.39 is 0 Å². The summed E-state index contributed by atoms with van der Waals surface area (Å²) in [6, 6.07) is 0. The van der Waals surface area contributed by atoms with Gasteiger partial charge >= 0.3 is 0 Å². The van der Waals surface area contributed by atoms with Gasteiger partial charge in [-0.15, -0.1) is 0 Å². The zero-order valence-electron chi connectivity index (χ0n) is 10.1. The highest BCUT2D eigenvalue weighted by molar-refractivity contribution is 5.16. The van der Waals surface area contributed by atoms with Crippen molar-refractivity contribution in [3.63, 3.8) is 0 Å². The van der Waals surface area contributed by atoms with Gasteiger partial charge in [-0.3, -0.25) is 0 Å². The standard InChI is InChI=1S/C12H23NO/c1-11(2)8-6-9(10(7-8)14-5)12(11,3)13-4/h8-10,13H,6-7H2,1-5H3. The van der Waals surface area contributed by atoms with Gasteiger partial charge in [-0.1, -0.05) is 13.8 Å². The number of hydrogen-bond acceptors (Lipinski definition) is 2. The largest absolute Gasteiger partial charge is 0.381 e. The Morgan fingerprint density at radius 3 is 2.29 bits per heavy atom. The molecular formula is C12H23NO. The number of fused-ring (bicyclic) bond motifs is 2. The van der Waals surface area contributed by atoms with Crippen LogP contribution < -0.4 is 5.32 Å². The lowest BCUT2D eigenvalue weighted by Gasteiger charge is -2.50. The van der Waals surface area contributed by atoms with Crippen LogP contribution in [0.15, 0.2) is 0 Å². The third-order valence-electron chi connectivity index (χ3n) is 5.43. The Bertz CT molecular complexity index is 238. The number of ether oxygens (including phenoxy) is 1. The third-order valence-corrected chi connectivity index (χ3v) is 5.43. The second-order valence-electron chi connectivity index (χ2n) is 5.72. The average molecular weight is 197 g/mol. The van der Waals surface area contributed by atoms with Crippen LogP contribution in [0, 0.1) is 17.3 Å². The number of hydrogen-bond donors (Lipinski definition) is 1. The van der Waals surface area contributed by atoms with Gasteiger partial charge in [0, 0.05) is 18.6 Å². The van der Waals surface area contributed by atoms with Crippen molar-refractivity contribution >= 4 is 0 Å². The van der Waals surface area contributed by atoms with Gasteiger partial charge in [-0.25, -0.2) is 0 Å². The maximum Gasteiger partial charge on any atom is 0.0620 e. The van der Waals surface area contributed by atoms with E-state index in [1.165, 1.54) is 12.8 Å². The van der Waals surface area contributed by atoms with Crippen LogP contribution in [0.25, 0.3) is 0 Å². The first-order chi connectivity index (χ1) is 6.47. The summed E-state index contributed by atoms with van der Waals surface area (Å²) < 4.78 is 5.60. The molecule has 1 N–H and O–H groups in total. The van der Waals surface area contributed by atoms with Crippen LogP contribution in [0.2, 0.25) is 0 Å². The molecule has 2 aliphatic carbocycles. The monoisotopic (exact) mass is 197 g/mol. The van der Waals surface area contributed by atoms with E-state index in [9.17, 15) is 0 Å². The van der Waals surface area contributed by atoms with Crippen molar-refractivity contribution in [3.05, 3.63) is 0 Å². The SMILES string of the molecule is CNC1(C)C2CC(CC2OC)C1(C)C. The van der Waals surface area contributed by atoms with Crippen LogP contribution in [-0.2, 0) is 4.74 Å². The lowest BCUT2D eigenvalue weighted by Crippen LogP contribution is -2.59. The molecule has 0 spiro atoms. The highest BCUT2D eigenvalue weighted by atomic mass is 16.5. The lowest BCUT2D eigenvalue weighted by atomic mass is 9.63. The van der Waals surface area contributed by atoms with E-state index >= 15 is 0 Å². The summed E-state index contributed by atoms with van der Waals surface area (Å²) in [6.07, 6.45) is 3.07. The van der Waals surface area contributed by atoms with Crippen LogP contribution in [0.4, 0.5) is 0 Å². The molecule has 2 bridgehead atoms. The van der Waals surface area contributed by atoms with Crippen LogP contribution in [0.3, 0.4) is 0 Å². The van der Waals surface area contributed by atoms with Gasteiger partial charge in [-0.2, -0.15) is 0 Å². The molecule has 2 nitrogen and oxygen atoms in total. The fourth-order valence-electron chi connectivity index (χ4n) is 3.87. The van der Waals surface area contributed by atoms with E-state index in [1.54, 1.807) is 0 Å². The minimum Gasteiger partial charge on any atom is -0.381 e. The maximum atomic E-state index is 5.60. The minimum absolute atomic E-state index is 0.247. The number of rotatable bonds is 2. The predicted molar refractivity (Wildman–Crippen MR) is 58.3 cm³/mol. The van der Waals surface area contributed by atoms with Gasteiger partial charge in [0.15, 0.2) is 0 Å². The molecule has 0 aromatic carbocycles. The molecule has 0 aromatic heterocycles. The van der Waals surface area contributed by atoms with Crippen molar-refractivity contribution in [2.45, 2.75) is 45.3 Å². The van der Waals surface area contributed by atoms with E-state index in [0.29, 0.717) is 17.4 Å². The van der Waals surface area contributed by atoms with Crippen molar-refractivity contribution in [2.75, 3.05) is 14.2 Å². The fourth-order valence-corrected chi connectivity index (χ4v) is 3.87. The summed E-state index contributed by atoms with van der Waals surface area (Å²) in [5, 5.41) is 3.55. The molecular weight excluding hydrogens is 174 g/mol. The Balaban J connectivity index is 2.31. The van der Waals surface area contributed by atoms with E-state index in [2.05, 4.69) is 33.1 Å². The normalized spacial score (nSPS) is 49.9. The van der Waals surface area contributed by atoms with Crippen molar-refractivity contribution in [2.24, 2.45) is 17.3 Å². The number of methoxy groups -OCH3 is 1. The Morgan fingerprint density at radius 2 is 1.86 bits per heavy atom. The predicted octanol–water partition coefficient (Wildman–Crippen LogP) is 2.05. The second-order valence-corrected chi connectivity index (χ2v) is 5.72. The Labute approximate surface area is 87.4 Å². The smallest absolute Gasteiger partial charge is 0.0620 e. The summed E-state index contributed by atoms with van der Waals surface area (Å²) in [5.74, 6) is 1.52. The topological polar surface area (TPSA) is 21.3 Å². The second kappa shape index (κ2) is 2.96. The molecule has 0 aliphatic heterocycles. The maximum absolute atomic E-state index is 5.60. The molecule has 2 rings (SSSR count). The number of nitrogens with one attached hydrogen (secondary N) is 1. The average Bonchev–Trinajstić information content (AvgIpc) is 2.66. The molecule has 4 atom stereocenters. The molecule has 14 heavy (non-hydrogen) atoms. The van der Waals surface area contributed by atoms with Gasteiger partial charge in [0.25, 0.3) is 0 Å². The highest BCUT2D eigenvalue weighted by Gasteiger charge is 2.63. The summed E-state index contributed by atoms with van der Waals surface area (Å²) in [6.45, 7) is 7.17. The van der Waals surface area contributed by atoms with Crippen molar-refractivity contribution in [1.82, 2.24) is 5.32 Å². The molecule has 0 amide bonds. The van der Waals surface area contributed by atoms with Gasteiger partial charge < -0.3 is 10.1 Å². The first kappa shape index (κ1) is 10.4. The Hall–Kier alpha value is -0.0800. The third kappa shape index (κ3) is 0.989. The Kier molecular flexibility index (Phi) is 2.20. The molecule has 0 saturated heterocycles. The highest BCUT2D eigenvalue weighted by Crippen LogP contribution is 2.61. The van der Waals surface area contributed by atoms with E-state index in [-0.39, 0.29) is 5.54 Å². The van der Waals surface area contributed by atoms with E-state index in [0.717, 1.165) is 5.92 Å². The molecule has 0 heterocycles. The van der Waals surface area contributed by atoms with Crippen LogP contribution in [-0.4, -0.2) is 25.8 Å².